The zero-order valence-electron chi connectivity index (χ0n) is 17.9. The molecular weight excluding hydrogens is 442 g/mol. The molecule has 4 rings (SSSR count). The lowest BCUT2D eigenvalue weighted by atomic mass is 10.1. The number of aliphatic hydroxyl groups is 1. The third-order valence-corrected chi connectivity index (χ3v) is 6.89. The van der Waals surface area contributed by atoms with E-state index >= 15 is 0 Å². The predicted octanol–water partition coefficient (Wildman–Crippen LogP) is 2.30. The highest BCUT2D eigenvalue weighted by Crippen LogP contribution is 2.22. The number of rotatable bonds is 7. The second-order valence-electron chi connectivity index (χ2n) is 7.69. The average molecular weight is 470 g/mol. The van der Waals surface area contributed by atoms with Gasteiger partial charge in [-0.1, -0.05) is 30.3 Å². The molecule has 1 aliphatic heterocycles. The van der Waals surface area contributed by atoms with Crippen LogP contribution in [0.25, 0.3) is 0 Å². The molecule has 0 aliphatic carbocycles. The molecule has 174 valence electrons. The standard InChI is InChI=1S/C23H25N5O4S.H2/c29-21(18-4-2-1-3-5-18)16-23(30)28-14-12-27(13-15-28)19-6-8-20(9-7-19)33(31,32)26-22-10-11-24-17-25-22;/h1-11,17,21,29H,12-16H2,(H,24,25,26);1H/t21-;/m1./s1. The Labute approximate surface area is 194 Å². The number of aromatic nitrogens is 2. The summed E-state index contributed by atoms with van der Waals surface area (Å²) in [7, 11) is -3.75. The zero-order valence-corrected chi connectivity index (χ0v) is 18.7. The predicted molar refractivity (Wildman–Crippen MR) is 126 cm³/mol. The summed E-state index contributed by atoms with van der Waals surface area (Å²) in [5.74, 6) is 0.121. The first-order chi connectivity index (χ1) is 15.9. The lowest BCUT2D eigenvalue weighted by Crippen LogP contribution is -2.49. The van der Waals surface area contributed by atoms with Crippen molar-refractivity contribution in [3.63, 3.8) is 0 Å². The van der Waals surface area contributed by atoms with Crippen LogP contribution in [0.2, 0.25) is 0 Å². The molecule has 0 radical (unpaired) electrons. The van der Waals surface area contributed by atoms with Crippen LogP contribution in [0.1, 0.15) is 19.5 Å². The minimum Gasteiger partial charge on any atom is -0.388 e. The summed E-state index contributed by atoms with van der Waals surface area (Å²) >= 11 is 0. The summed E-state index contributed by atoms with van der Waals surface area (Å²) in [5, 5.41) is 10.3. The summed E-state index contributed by atoms with van der Waals surface area (Å²) in [4.78, 5) is 24.2. The van der Waals surface area contributed by atoms with Crippen LogP contribution in [-0.4, -0.2) is 60.5 Å². The molecule has 1 aliphatic rings. The van der Waals surface area contributed by atoms with E-state index in [1.54, 1.807) is 29.2 Å². The van der Waals surface area contributed by atoms with Gasteiger partial charge in [-0.3, -0.25) is 9.52 Å². The van der Waals surface area contributed by atoms with E-state index in [-0.39, 0.29) is 24.5 Å². The molecule has 0 unspecified atom stereocenters. The molecule has 2 aromatic carbocycles. The van der Waals surface area contributed by atoms with Crippen molar-refractivity contribution < 1.29 is 19.7 Å². The van der Waals surface area contributed by atoms with Crippen LogP contribution in [0.5, 0.6) is 0 Å². The number of carbonyl (C=O) groups is 1. The fourth-order valence-electron chi connectivity index (χ4n) is 3.69. The SMILES string of the molecule is O=C(C[C@@H](O)c1ccccc1)N1CCN(c2ccc(S(=O)(=O)Nc3ccncn3)cc2)CC1.[HH]. The minimum atomic E-state index is -3.75. The Kier molecular flexibility index (Phi) is 6.85. The molecule has 10 heteroatoms. The van der Waals surface area contributed by atoms with Crippen LogP contribution in [0.3, 0.4) is 0 Å². The number of aliphatic hydroxyl groups excluding tert-OH is 1. The molecule has 9 nitrogen and oxygen atoms in total. The van der Waals surface area contributed by atoms with Crippen LogP contribution in [0.4, 0.5) is 11.5 Å². The topological polar surface area (TPSA) is 116 Å². The maximum absolute atomic E-state index is 12.6. The molecular formula is C23H27N5O4S. The van der Waals surface area contributed by atoms with E-state index in [1.165, 1.54) is 18.6 Å². The van der Waals surface area contributed by atoms with E-state index < -0.39 is 16.1 Å². The summed E-state index contributed by atoms with van der Waals surface area (Å²) in [5.41, 5.74) is 1.61. The van der Waals surface area contributed by atoms with E-state index in [4.69, 9.17) is 0 Å². The van der Waals surface area contributed by atoms with E-state index in [1.807, 2.05) is 30.3 Å². The monoisotopic (exact) mass is 469 g/mol. The first kappa shape index (κ1) is 22.7. The maximum atomic E-state index is 12.6. The maximum Gasteiger partial charge on any atom is 0.263 e. The van der Waals surface area contributed by atoms with Crippen molar-refractivity contribution in [3.8, 4) is 0 Å². The Morgan fingerprint density at radius 2 is 1.73 bits per heavy atom. The van der Waals surface area contributed by atoms with Gasteiger partial charge < -0.3 is 14.9 Å². The highest BCUT2D eigenvalue weighted by atomic mass is 32.2. The lowest BCUT2D eigenvalue weighted by molar-refractivity contribution is -0.133. The molecule has 33 heavy (non-hydrogen) atoms. The van der Waals surface area contributed by atoms with Gasteiger partial charge in [0, 0.05) is 39.5 Å². The van der Waals surface area contributed by atoms with Crippen molar-refractivity contribution >= 4 is 27.4 Å². The first-order valence-electron chi connectivity index (χ1n) is 10.6. The lowest BCUT2D eigenvalue weighted by Gasteiger charge is -2.36. The molecule has 2 heterocycles. The van der Waals surface area contributed by atoms with Gasteiger partial charge in [0.1, 0.15) is 12.1 Å². The van der Waals surface area contributed by atoms with Crippen LogP contribution in [0.15, 0.2) is 78.1 Å². The summed E-state index contributed by atoms with van der Waals surface area (Å²) in [6.45, 7) is 2.32. The molecule has 2 N–H and O–H groups in total. The number of anilines is 2. The number of nitrogens with zero attached hydrogens (tertiary/aromatic N) is 4. The van der Waals surface area contributed by atoms with E-state index in [9.17, 15) is 18.3 Å². The molecule has 0 spiro atoms. The third-order valence-electron chi connectivity index (χ3n) is 5.52. The number of piperazine rings is 1. The average Bonchev–Trinajstić information content (AvgIpc) is 2.85. The number of hydrogen-bond donors (Lipinski definition) is 2. The van der Waals surface area contributed by atoms with Crippen LogP contribution in [-0.2, 0) is 14.8 Å². The Balaban J connectivity index is 0.00000324. The van der Waals surface area contributed by atoms with Gasteiger partial charge in [-0.05, 0) is 35.9 Å². The molecule has 3 aromatic rings. The number of benzene rings is 2. The summed E-state index contributed by atoms with van der Waals surface area (Å²) in [6.07, 6.45) is 1.96. The quantitative estimate of drug-likeness (QED) is 0.545. The molecule has 1 atom stereocenters. The summed E-state index contributed by atoms with van der Waals surface area (Å²) in [6, 6.07) is 17.2. The molecule has 1 fully saturated rings. The van der Waals surface area contributed by atoms with E-state index in [0.29, 0.717) is 26.2 Å². The van der Waals surface area contributed by atoms with Crippen molar-refractivity contribution in [1.82, 2.24) is 14.9 Å². The highest BCUT2D eigenvalue weighted by Gasteiger charge is 2.24. The number of sulfonamides is 1. The highest BCUT2D eigenvalue weighted by molar-refractivity contribution is 7.92. The van der Waals surface area contributed by atoms with Gasteiger partial charge in [0.2, 0.25) is 5.91 Å². The van der Waals surface area contributed by atoms with Gasteiger partial charge in [0.15, 0.2) is 0 Å². The Morgan fingerprint density at radius 1 is 1.03 bits per heavy atom. The fraction of sp³-hybridized carbons (Fsp3) is 0.261. The summed E-state index contributed by atoms with van der Waals surface area (Å²) < 4.78 is 27.5. The van der Waals surface area contributed by atoms with Gasteiger partial charge in [0.25, 0.3) is 10.0 Å². The van der Waals surface area contributed by atoms with Crippen LogP contribution >= 0.6 is 0 Å². The molecule has 0 saturated carbocycles. The minimum absolute atomic E-state index is 0. The van der Waals surface area contributed by atoms with Gasteiger partial charge in [-0.15, -0.1) is 0 Å². The molecule has 1 saturated heterocycles. The van der Waals surface area contributed by atoms with Gasteiger partial charge in [0.05, 0.1) is 17.4 Å². The normalized spacial score (nSPS) is 15.2. The fourth-order valence-corrected chi connectivity index (χ4v) is 4.69. The van der Waals surface area contributed by atoms with Crippen molar-refractivity contribution in [2.75, 3.05) is 35.8 Å². The van der Waals surface area contributed by atoms with Crippen LogP contribution < -0.4 is 9.62 Å². The van der Waals surface area contributed by atoms with Crippen molar-refractivity contribution in [2.24, 2.45) is 0 Å². The molecule has 1 aromatic heterocycles. The second kappa shape index (κ2) is 9.97. The molecule has 0 bridgehead atoms. The molecule has 1 amide bonds. The van der Waals surface area contributed by atoms with E-state index in [0.717, 1.165) is 11.3 Å². The smallest absolute Gasteiger partial charge is 0.263 e. The largest absolute Gasteiger partial charge is 0.388 e. The van der Waals surface area contributed by atoms with Crippen molar-refractivity contribution in [1.29, 1.82) is 0 Å². The van der Waals surface area contributed by atoms with Crippen molar-refractivity contribution in [3.05, 3.63) is 78.8 Å². The van der Waals surface area contributed by atoms with Gasteiger partial charge in [-0.25, -0.2) is 18.4 Å². The second-order valence-corrected chi connectivity index (χ2v) is 9.37. The van der Waals surface area contributed by atoms with E-state index in [2.05, 4.69) is 19.6 Å². The number of nitrogens with one attached hydrogen (secondary N) is 1. The van der Waals surface area contributed by atoms with Gasteiger partial charge in [-0.2, -0.15) is 0 Å². The first-order valence-corrected chi connectivity index (χ1v) is 12.1. The number of hydrogen-bond acceptors (Lipinski definition) is 7. The van der Waals surface area contributed by atoms with Crippen LogP contribution in [0, 0.1) is 0 Å². The van der Waals surface area contributed by atoms with Crippen molar-refractivity contribution in [2.45, 2.75) is 17.4 Å². The third kappa shape index (κ3) is 5.65. The number of carbonyl (C=O) groups excluding carboxylic acids is 1. The zero-order chi connectivity index (χ0) is 23.3. The number of amides is 1. The Bertz CT molecular complexity index is 1170. The Morgan fingerprint density at radius 3 is 2.36 bits per heavy atom. The Hall–Kier alpha value is -3.50. The van der Waals surface area contributed by atoms with Gasteiger partial charge >= 0.3 is 0 Å².